The van der Waals surface area contributed by atoms with Crippen molar-refractivity contribution in [2.75, 3.05) is 4.61 Å². The van der Waals surface area contributed by atoms with E-state index in [1.54, 1.807) is 0 Å². The highest BCUT2D eigenvalue weighted by molar-refractivity contribution is 14.1. The summed E-state index contributed by atoms with van der Waals surface area (Å²) < 4.78 is 10.0. The van der Waals surface area contributed by atoms with Crippen LogP contribution in [0.3, 0.4) is 0 Å². The van der Waals surface area contributed by atoms with E-state index in [1.807, 2.05) is 54.6 Å². The van der Waals surface area contributed by atoms with Crippen molar-refractivity contribution < 1.29 is 14.3 Å². The summed E-state index contributed by atoms with van der Waals surface area (Å²) in [5.74, 6) is 0.586. The maximum atomic E-state index is 11.1. The van der Waals surface area contributed by atoms with Gasteiger partial charge in [0.2, 0.25) is 0 Å². The van der Waals surface area contributed by atoms with Gasteiger partial charge in [-0.3, -0.25) is 0 Å². The number of ether oxygens (including phenoxy) is 2. The molecule has 0 amide bonds. The summed E-state index contributed by atoms with van der Waals surface area (Å²) in [6.07, 6.45) is -0.656. The van der Waals surface area contributed by atoms with Gasteiger partial charge in [-0.25, -0.2) is 4.79 Å². The molecule has 0 N–H and O–H groups in total. The average molecular weight is 306 g/mol. The fourth-order valence-corrected chi connectivity index (χ4v) is 1.37. The zero-order valence-electron chi connectivity index (χ0n) is 8.04. The van der Waals surface area contributed by atoms with Crippen LogP contribution in [-0.2, 0) is 4.74 Å². The molecule has 0 aliphatic rings. The second-order valence-corrected chi connectivity index (χ2v) is 3.45. The number of carbonyl (C=O) groups is 1. The predicted octanol–water partition coefficient (Wildman–Crippen LogP) is 3.21. The third-order valence-corrected chi connectivity index (χ3v) is 2.08. The van der Waals surface area contributed by atoms with Gasteiger partial charge in [-0.15, -0.1) is 0 Å². The van der Waals surface area contributed by atoms with Crippen molar-refractivity contribution in [2.24, 2.45) is 0 Å². The molecule has 0 aromatic heterocycles. The fourth-order valence-electron chi connectivity index (χ4n) is 1.12. The first kappa shape index (κ1) is 11.3. The normalized spacial score (nSPS) is 9.64. The Kier molecular flexibility index (Phi) is 4.19. The predicted molar refractivity (Wildman–Crippen MR) is 61.9 cm³/mol. The van der Waals surface area contributed by atoms with E-state index < -0.39 is 6.16 Å². The molecule has 3 nitrogen and oxygen atoms in total. The number of hydrogen-bond donors (Lipinski definition) is 0. The van der Waals surface area contributed by atoms with Crippen molar-refractivity contribution in [3.05, 3.63) is 29.3 Å². The first-order valence-electron chi connectivity index (χ1n) is 4.12. The monoisotopic (exact) mass is 306 g/mol. The average Bonchev–Trinajstić information content (AvgIpc) is 2.12. The van der Waals surface area contributed by atoms with E-state index in [-0.39, 0.29) is 0 Å². The molecule has 1 rings (SSSR count). The van der Waals surface area contributed by atoms with Crippen molar-refractivity contribution >= 4 is 28.7 Å². The van der Waals surface area contributed by atoms with Gasteiger partial charge in [0.1, 0.15) is 10.4 Å². The van der Waals surface area contributed by atoms with Crippen LogP contribution < -0.4 is 4.74 Å². The third kappa shape index (κ3) is 2.87. The van der Waals surface area contributed by atoms with E-state index in [0.29, 0.717) is 10.4 Å². The molecule has 1 aromatic carbocycles. The van der Waals surface area contributed by atoms with Crippen LogP contribution in [0.2, 0.25) is 0 Å². The second kappa shape index (κ2) is 5.19. The van der Waals surface area contributed by atoms with E-state index >= 15 is 0 Å². The van der Waals surface area contributed by atoms with Gasteiger partial charge in [0.25, 0.3) is 0 Å². The number of hydrogen-bond acceptors (Lipinski definition) is 3. The topological polar surface area (TPSA) is 35.5 Å². The number of aryl methyl sites for hydroxylation is 2. The molecule has 0 saturated heterocycles. The van der Waals surface area contributed by atoms with Crippen LogP contribution in [0, 0.1) is 13.8 Å². The first-order chi connectivity index (χ1) is 6.65. The highest BCUT2D eigenvalue weighted by Crippen LogP contribution is 2.22. The van der Waals surface area contributed by atoms with Gasteiger partial charge in [0.05, 0.1) is 0 Å². The highest BCUT2D eigenvalue weighted by atomic mass is 127. The number of para-hydroxylation sites is 1. The fraction of sp³-hybridized carbons (Fsp3) is 0.300. The van der Waals surface area contributed by atoms with Crippen LogP contribution in [0.5, 0.6) is 5.75 Å². The standard InChI is InChI=1S/C10H11IO3/c1-7-4-3-5-8(2)9(7)14-10(12)13-6-11/h3-5H,6H2,1-2H3. The zero-order chi connectivity index (χ0) is 10.6. The highest BCUT2D eigenvalue weighted by Gasteiger charge is 2.09. The first-order valence-corrected chi connectivity index (χ1v) is 5.64. The Morgan fingerprint density at radius 2 is 1.93 bits per heavy atom. The Bertz CT molecular complexity index is 316. The Balaban J connectivity index is 2.80. The van der Waals surface area contributed by atoms with Gasteiger partial charge in [-0.2, -0.15) is 0 Å². The molecule has 0 spiro atoms. The minimum absolute atomic E-state index is 0.293. The Morgan fingerprint density at radius 1 is 1.36 bits per heavy atom. The van der Waals surface area contributed by atoms with Gasteiger partial charge in [-0.05, 0) is 47.6 Å². The molecule has 0 fully saturated rings. The van der Waals surface area contributed by atoms with Gasteiger partial charge in [0, 0.05) is 0 Å². The van der Waals surface area contributed by atoms with Crippen molar-refractivity contribution in [2.45, 2.75) is 13.8 Å². The van der Waals surface area contributed by atoms with E-state index in [4.69, 9.17) is 4.74 Å². The maximum Gasteiger partial charge on any atom is 0.514 e. The molecule has 4 heteroatoms. The number of alkyl halides is 1. The summed E-state index contributed by atoms with van der Waals surface area (Å²) in [7, 11) is 0. The lowest BCUT2D eigenvalue weighted by Gasteiger charge is -2.08. The molecule has 0 saturated carbocycles. The van der Waals surface area contributed by atoms with Gasteiger partial charge < -0.3 is 9.47 Å². The SMILES string of the molecule is Cc1cccc(C)c1OC(=O)OCI. The Hall–Kier alpha value is -0.780. The number of rotatable bonds is 2. The number of carbonyl (C=O) groups excluding carboxylic acids is 1. The van der Waals surface area contributed by atoms with Crippen LogP contribution in [-0.4, -0.2) is 10.8 Å². The van der Waals surface area contributed by atoms with Gasteiger partial charge >= 0.3 is 6.16 Å². The van der Waals surface area contributed by atoms with Crippen molar-refractivity contribution in [1.29, 1.82) is 0 Å². The molecule has 0 unspecified atom stereocenters. The van der Waals surface area contributed by atoms with E-state index in [1.165, 1.54) is 0 Å². The van der Waals surface area contributed by atoms with E-state index in [2.05, 4.69) is 4.74 Å². The smallest absolute Gasteiger partial charge is 0.423 e. The minimum Gasteiger partial charge on any atom is -0.423 e. The van der Waals surface area contributed by atoms with Crippen LogP contribution in [0.4, 0.5) is 4.79 Å². The molecule has 0 atom stereocenters. The second-order valence-electron chi connectivity index (χ2n) is 2.83. The van der Waals surface area contributed by atoms with Crippen molar-refractivity contribution in [3.8, 4) is 5.75 Å². The summed E-state index contributed by atoms with van der Waals surface area (Å²) in [6.45, 7) is 3.78. The van der Waals surface area contributed by atoms with E-state index in [9.17, 15) is 4.79 Å². The number of benzene rings is 1. The molecule has 0 bridgehead atoms. The van der Waals surface area contributed by atoms with Crippen molar-refractivity contribution in [3.63, 3.8) is 0 Å². The summed E-state index contributed by atoms with van der Waals surface area (Å²) in [4.78, 5) is 11.1. The molecular weight excluding hydrogens is 295 g/mol. The molecule has 14 heavy (non-hydrogen) atoms. The molecule has 0 aliphatic carbocycles. The Morgan fingerprint density at radius 3 is 2.43 bits per heavy atom. The third-order valence-electron chi connectivity index (χ3n) is 1.77. The Labute approximate surface area is 96.5 Å². The summed E-state index contributed by atoms with van der Waals surface area (Å²) >= 11 is 1.94. The van der Waals surface area contributed by atoms with Crippen LogP contribution >= 0.6 is 22.6 Å². The number of halogens is 1. The lowest BCUT2D eigenvalue weighted by atomic mass is 10.1. The van der Waals surface area contributed by atoms with E-state index in [0.717, 1.165) is 11.1 Å². The summed E-state index contributed by atoms with van der Waals surface area (Å²) in [5, 5.41) is 0. The molecule has 0 radical (unpaired) electrons. The quantitative estimate of drug-likeness (QED) is 0.364. The summed E-state index contributed by atoms with van der Waals surface area (Å²) in [5.41, 5.74) is 1.85. The molecule has 76 valence electrons. The largest absolute Gasteiger partial charge is 0.514 e. The maximum absolute atomic E-state index is 11.1. The lowest BCUT2D eigenvalue weighted by Crippen LogP contribution is -2.10. The zero-order valence-corrected chi connectivity index (χ0v) is 10.2. The van der Waals surface area contributed by atoms with Gasteiger partial charge in [0.15, 0.2) is 0 Å². The lowest BCUT2D eigenvalue weighted by molar-refractivity contribution is 0.118. The molecule has 0 heterocycles. The summed E-state index contributed by atoms with van der Waals surface area (Å²) in [6, 6.07) is 5.69. The van der Waals surface area contributed by atoms with Crippen molar-refractivity contribution in [1.82, 2.24) is 0 Å². The van der Waals surface area contributed by atoms with Gasteiger partial charge in [-0.1, -0.05) is 18.2 Å². The minimum atomic E-state index is -0.656. The molecular formula is C10H11IO3. The molecule has 1 aromatic rings. The van der Waals surface area contributed by atoms with Crippen LogP contribution in [0.25, 0.3) is 0 Å². The van der Waals surface area contributed by atoms with Crippen LogP contribution in [0.1, 0.15) is 11.1 Å². The van der Waals surface area contributed by atoms with Crippen LogP contribution in [0.15, 0.2) is 18.2 Å². The molecule has 0 aliphatic heterocycles.